The molecule has 0 atom stereocenters. The Hall–Kier alpha value is -2.83. The Labute approximate surface area is 184 Å². The zero-order chi connectivity index (χ0) is 22.2. The van der Waals surface area contributed by atoms with Crippen molar-refractivity contribution in [1.82, 2.24) is 0 Å². The van der Waals surface area contributed by atoms with E-state index in [-0.39, 0.29) is 11.1 Å². The van der Waals surface area contributed by atoms with E-state index in [1.165, 1.54) is 19.2 Å². The van der Waals surface area contributed by atoms with Crippen molar-refractivity contribution >= 4 is 58.5 Å². The van der Waals surface area contributed by atoms with Gasteiger partial charge in [0.05, 0.1) is 23.9 Å². The van der Waals surface area contributed by atoms with Gasteiger partial charge in [0.2, 0.25) is 0 Å². The van der Waals surface area contributed by atoms with E-state index in [0.29, 0.717) is 26.9 Å². The minimum absolute atomic E-state index is 0.239. The van der Waals surface area contributed by atoms with Crippen molar-refractivity contribution in [2.75, 3.05) is 12.0 Å². The summed E-state index contributed by atoms with van der Waals surface area (Å²) in [6, 6.07) is 9.41. The molecule has 2 aromatic carbocycles. The van der Waals surface area contributed by atoms with E-state index in [0.717, 1.165) is 4.90 Å². The minimum Gasteiger partial charge on any atom is -0.465 e. The molecule has 0 N–H and O–H groups in total. The average Bonchev–Trinajstić information content (AvgIpc) is 2.90. The van der Waals surface area contributed by atoms with Crippen molar-refractivity contribution in [2.24, 2.45) is 0 Å². The molecule has 0 saturated heterocycles. The van der Waals surface area contributed by atoms with Gasteiger partial charge in [-0.2, -0.15) is 0 Å². The second-order valence-electron chi connectivity index (χ2n) is 7.61. The SMILES string of the molecule is COC(=O)c1cc(Cl)cc(C=C2C(=O)N(C(=O)OC(C)(C)C)c3cc(Cl)ccc32)c1. The number of methoxy groups -OCH3 is 1. The molecule has 0 radical (unpaired) electrons. The van der Waals surface area contributed by atoms with E-state index in [1.54, 1.807) is 51.1 Å². The summed E-state index contributed by atoms with van der Waals surface area (Å²) in [7, 11) is 1.26. The van der Waals surface area contributed by atoms with Crippen LogP contribution >= 0.6 is 23.2 Å². The lowest BCUT2D eigenvalue weighted by atomic mass is 10.0. The van der Waals surface area contributed by atoms with Gasteiger partial charge in [0.1, 0.15) is 5.60 Å². The number of halogens is 2. The highest BCUT2D eigenvalue weighted by molar-refractivity contribution is 6.42. The Morgan fingerprint density at radius 3 is 2.37 bits per heavy atom. The monoisotopic (exact) mass is 447 g/mol. The van der Waals surface area contributed by atoms with Gasteiger partial charge in [-0.05, 0) is 62.7 Å². The van der Waals surface area contributed by atoms with Crippen LogP contribution in [-0.2, 0) is 14.3 Å². The third-order valence-corrected chi connectivity index (χ3v) is 4.61. The first-order valence-corrected chi connectivity index (χ1v) is 9.74. The summed E-state index contributed by atoms with van der Waals surface area (Å²) < 4.78 is 10.1. The zero-order valence-corrected chi connectivity index (χ0v) is 18.3. The number of anilines is 1. The van der Waals surface area contributed by atoms with Crippen molar-refractivity contribution in [3.63, 3.8) is 0 Å². The second-order valence-corrected chi connectivity index (χ2v) is 8.48. The van der Waals surface area contributed by atoms with Gasteiger partial charge in [0, 0.05) is 15.6 Å². The van der Waals surface area contributed by atoms with Gasteiger partial charge in [0.25, 0.3) is 5.91 Å². The van der Waals surface area contributed by atoms with E-state index in [1.807, 2.05) is 0 Å². The Morgan fingerprint density at radius 1 is 1.03 bits per heavy atom. The predicted molar refractivity (Wildman–Crippen MR) is 116 cm³/mol. The molecule has 8 heteroatoms. The number of hydrogen-bond donors (Lipinski definition) is 0. The summed E-state index contributed by atoms with van der Waals surface area (Å²) in [6.45, 7) is 5.13. The standard InChI is InChI=1S/C22H19Cl2NO5/c1-22(2,3)30-21(28)25-18-11-14(23)5-6-16(18)17(19(25)26)9-12-7-13(20(27)29-4)10-15(24)8-12/h5-11H,1-4H3. The average molecular weight is 448 g/mol. The highest BCUT2D eigenvalue weighted by Crippen LogP contribution is 2.40. The van der Waals surface area contributed by atoms with Gasteiger partial charge < -0.3 is 9.47 Å². The fourth-order valence-corrected chi connectivity index (χ4v) is 3.40. The fraction of sp³-hybridized carbons (Fsp3) is 0.227. The fourth-order valence-electron chi connectivity index (χ4n) is 2.99. The maximum Gasteiger partial charge on any atom is 0.422 e. The molecule has 0 spiro atoms. The third-order valence-electron chi connectivity index (χ3n) is 4.15. The third kappa shape index (κ3) is 4.50. The number of carbonyl (C=O) groups excluding carboxylic acids is 3. The summed E-state index contributed by atoms with van der Waals surface area (Å²) in [5.41, 5.74) is 1.02. The predicted octanol–water partition coefficient (Wildman–Crippen LogP) is 5.60. The molecule has 0 bridgehead atoms. The number of rotatable bonds is 2. The zero-order valence-electron chi connectivity index (χ0n) is 16.8. The molecule has 0 aromatic heterocycles. The molecule has 0 unspecified atom stereocenters. The number of ether oxygens (including phenoxy) is 2. The number of imide groups is 1. The van der Waals surface area contributed by atoms with Crippen LogP contribution in [0.1, 0.15) is 42.3 Å². The van der Waals surface area contributed by atoms with Crippen LogP contribution in [0.5, 0.6) is 0 Å². The molecule has 156 valence electrons. The number of esters is 1. The quantitative estimate of drug-likeness (QED) is 0.442. The van der Waals surface area contributed by atoms with E-state index in [4.69, 9.17) is 32.7 Å². The largest absolute Gasteiger partial charge is 0.465 e. The van der Waals surface area contributed by atoms with Gasteiger partial charge in [-0.15, -0.1) is 0 Å². The molecule has 0 saturated carbocycles. The van der Waals surface area contributed by atoms with Crippen LogP contribution in [0.3, 0.4) is 0 Å². The van der Waals surface area contributed by atoms with Crippen LogP contribution in [0.2, 0.25) is 10.0 Å². The lowest BCUT2D eigenvalue weighted by Crippen LogP contribution is -2.38. The summed E-state index contributed by atoms with van der Waals surface area (Å²) in [5.74, 6) is -1.13. The highest BCUT2D eigenvalue weighted by Gasteiger charge is 2.39. The minimum atomic E-state index is -0.805. The molecule has 1 aliphatic heterocycles. The van der Waals surface area contributed by atoms with Crippen LogP contribution < -0.4 is 4.90 Å². The topological polar surface area (TPSA) is 72.9 Å². The molecule has 1 aliphatic rings. The summed E-state index contributed by atoms with van der Waals surface area (Å²) >= 11 is 12.2. The lowest BCUT2D eigenvalue weighted by Gasteiger charge is -2.23. The summed E-state index contributed by atoms with van der Waals surface area (Å²) in [4.78, 5) is 38.7. The van der Waals surface area contributed by atoms with Gasteiger partial charge in [-0.3, -0.25) is 4.79 Å². The normalized spacial score (nSPS) is 14.7. The second kappa shape index (κ2) is 8.13. The van der Waals surface area contributed by atoms with Crippen molar-refractivity contribution in [2.45, 2.75) is 26.4 Å². The van der Waals surface area contributed by atoms with E-state index in [9.17, 15) is 14.4 Å². The Bertz CT molecular complexity index is 1090. The highest BCUT2D eigenvalue weighted by atomic mass is 35.5. The van der Waals surface area contributed by atoms with Crippen LogP contribution in [0, 0.1) is 0 Å². The maximum atomic E-state index is 13.2. The Balaban J connectivity index is 2.11. The van der Waals surface area contributed by atoms with Gasteiger partial charge >= 0.3 is 12.1 Å². The smallest absolute Gasteiger partial charge is 0.422 e. The summed E-state index contributed by atoms with van der Waals surface area (Å²) in [6.07, 6.45) is 0.748. The molecular weight excluding hydrogens is 429 g/mol. The number of amides is 2. The molecule has 3 rings (SSSR count). The van der Waals surface area contributed by atoms with Crippen molar-refractivity contribution in [3.05, 3.63) is 63.1 Å². The summed E-state index contributed by atoms with van der Waals surface area (Å²) in [5, 5.41) is 0.669. The number of benzene rings is 2. The molecule has 30 heavy (non-hydrogen) atoms. The number of hydrogen-bond acceptors (Lipinski definition) is 5. The van der Waals surface area contributed by atoms with Crippen molar-refractivity contribution in [1.29, 1.82) is 0 Å². The van der Waals surface area contributed by atoms with Gasteiger partial charge in [0.15, 0.2) is 0 Å². The van der Waals surface area contributed by atoms with Crippen LogP contribution in [0.4, 0.5) is 10.5 Å². The Morgan fingerprint density at radius 2 is 1.73 bits per heavy atom. The molecule has 0 fully saturated rings. The first-order chi connectivity index (χ1) is 14.0. The van der Waals surface area contributed by atoms with E-state index < -0.39 is 23.6 Å². The van der Waals surface area contributed by atoms with Gasteiger partial charge in [-0.1, -0.05) is 29.3 Å². The molecular formula is C22H19Cl2NO5. The molecule has 2 aromatic rings. The first-order valence-electron chi connectivity index (χ1n) is 8.98. The van der Waals surface area contributed by atoms with Crippen LogP contribution in [0.25, 0.3) is 11.6 Å². The van der Waals surface area contributed by atoms with Crippen LogP contribution in [0.15, 0.2) is 36.4 Å². The van der Waals surface area contributed by atoms with Gasteiger partial charge in [-0.25, -0.2) is 14.5 Å². The molecule has 6 nitrogen and oxygen atoms in total. The molecule has 2 amide bonds. The van der Waals surface area contributed by atoms with Crippen LogP contribution in [-0.4, -0.2) is 30.7 Å². The molecule has 0 aliphatic carbocycles. The van der Waals surface area contributed by atoms with Crippen molar-refractivity contribution in [3.8, 4) is 0 Å². The number of fused-ring (bicyclic) bond motifs is 1. The Kier molecular flexibility index (Phi) is 5.92. The maximum absolute atomic E-state index is 13.2. The van der Waals surface area contributed by atoms with Crippen molar-refractivity contribution < 1.29 is 23.9 Å². The molecule has 1 heterocycles. The van der Waals surface area contributed by atoms with E-state index in [2.05, 4.69) is 0 Å². The van der Waals surface area contributed by atoms with E-state index >= 15 is 0 Å². The number of carbonyl (C=O) groups is 3. The lowest BCUT2D eigenvalue weighted by molar-refractivity contribution is -0.112. The first kappa shape index (κ1) is 21.9. The number of nitrogens with zero attached hydrogens (tertiary/aromatic N) is 1.